The lowest BCUT2D eigenvalue weighted by molar-refractivity contribution is 0.0779. The molecule has 4 heteroatoms. The van der Waals surface area contributed by atoms with Crippen LogP contribution in [0.2, 0.25) is 5.02 Å². The van der Waals surface area contributed by atoms with Gasteiger partial charge in [-0.05, 0) is 63.9 Å². The molecule has 0 bridgehead atoms. The maximum absolute atomic E-state index is 13.0. The quantitative estimate of drug-likeness (QED) is 0.803. The average Bonchev–Trinajstić information content (AvgIpc) is 3.18. The van der Waals surface area contributed by atoms with Crippen LogP contribution in [0.3, 0.4) is 0 Å². The van der Waals surface area contributed by atoms with Gasteiger partial charge in [0, 0.05) is 5.54 Å². The van der Waals surface area contributed by atoms with Gasteiger partial charge in [-0.2, -0.15) is 0 Å². The second kappa shape index (κ2) is 7.81. The van der Waals surface area contributed by atoms with Gasteiger partial charge in [-0.25, -0.2) is 0 Å². The summed E-state index contributed by atoms with van der Waals surface area (Å²) >= 11 is 6.39. The lowest BCUT2D eigenvalue weighted by atomic mass is 9.86. The highest BCUT2D eigenvalue weighted by atomic mass is 35.5. The number of carbonyl (C=O) groups is 1. The Balaban J connectivity index is 1.93. The minimum atomic E-state index is -0.191. The Morgan fingerprint density at radius 2 is 1.73 bits per heavy atom. The molecule has 1 unspecified atom stereocenters. The number of hydrogen-bond acceptors (Lipinski definition) is 2. The average molecular weight is 371 g/mol. The maximum Gasteiger partial charge on any atom is 0.253 e. The van der Waals surface area contributed by atoms with Crippen molar-refractivity contribution >= 4 is 17.5 Å². The van der Waals surface area contributed by atoms with Crippen LogP contribution in [0.5, 0.6) is 0 Å². The number of nitrogens with zero attached hydrogens (tertiary/aromatic N) is 1. The van der Waals surface area contributed by atoms with Crippen LogP contribution in [-0.4, -0.2) is 29.4 Å². The number of aryl methyl sites for hydroxylation is 1. The van der Waals surface area contributed by atoms with Crippen molar-refractivity contribution in [2.45, 2.75) is 45.2 Å². The fraction of sp³-hybridized carbons (Fsp3) is 0.409. The predicted octanol–water partition coefficient (Wildman–Crippen LogP) is 4.99. The van der Waals surface area contributed by atoms with Crippen molar-refractivity contribution in [3.63, 3.8) is 0 Å². The smallest absolute Gasteiger partial charge is 0.253 e. The summed E-state index contributed by atoms with van der Waals surface area (Å²) in [5.41, 5.74) is 2.37. The molecule has 0 spiro atoms. The molecule has 1 N–H and O–H groups in total. The first-order valence-electron chi connectivity index (χ1n) is 9.27. The highest BCUT2D eigenvalue weighted by molar-refractivity contribution is 6.34. The second-order valence-corrected chi connectivity index (χ2v) is 7.98. The molecular weight excluding hydrogens is 344 g/mol. The molecule has 3 rings (SSSR count). The van der Waals surface area contributed by atoms with Crippen molar-refractivity contribution < 1.29 is 4.79 Å². The SMILES string of the molecule is Cc1cccc(C(=O)NC(c2ccccc2)C(C)(C)N2CCCC2)c1Cl. The normalized spacial score (nSPS) is 16.5. The number of hydrogen-bond donors (Lipinski definition) is 1. The molecule has 1 aliphatic heterocycles. The van der Waals surface area contributed by atoms with E-state index in [-0.39, 0.29) is 17.5 Å². The van der Waals surface area contributed by atoms with Gasteiger partial charge in [0.15, 0.2) is 0 Å². The number of amides is 1. The lowest BCUT2D eigenvalue weighted by Gasteiger charge is -2.42. The van der Waals surface area contributed by atoms with E-state index >= 15 is 0 Å². The number of halogens is 1. The van der Waals surface area contributed by atoms with Crippen LogP contribution in [0.15, 0.2) is 48.5 Å². The molecule has 0 aromatic heterocycles. The van der Waals surface area contributed by atoms with Gasteiger partial charge in [0.1, 0.15) is 0 Å². The molecule has 1 amide bonds. The number of likely N-dealkylation sites (tertiary alicyclic amines) is 1. The van der Waals surface area contributed by atoms with E-state index in [1.165, 1.54) is 12.8 Å². The summed E-state index contributed by atoms with van der Waals surface area (Å²) in [6, 6.07) is 15.7. The van der Waals surface area contributed by atoms with E-state index in [1.807, 2.05) is 37.3 Å². The van der Waals surface area contributed by atoms with Gasteiger partial charge >= 0.3 is 0 Å². The van der Waals surface area contributed by atoms with Crippen molar-refractivity contribution in [2.75, 3.05) is 13.1 Å². The molecule has 0 aliphatic carbocycles. The number of nitrogens with one attached hydrogen (secondary N) is 1. The summed E-state index contributed by atoms with van der Waals surface area (Å²) in [6.07, 6.45) is 2.42. The van der Waals surface area contributed by atoms with Crippen LogP contribution < -0.4 is 5.32 Å². The van der Waals surface area contributed by atoms with Gasteiger partial charge in [-0.1, -0.05) is 54.1 Å². The summed E-state index contributed by atoms with van der Waals surface area (Å²) in [5.74, 6) is -0.125. The zero-order valence-electron chi connectivity index (χ0n) is 15.8. The molecule has 1 aliphatic rings. The molecule has 1 atom stereocenters. The largest absolute Gasteiger partial charge is 0.343 e. The Kier molecular flexibility index (Phi) is 5.69. The van der Waals surface area contributed by atoms with Crippen LogP contribution in [0, 0.1) is 6.92 Å². The zero-order chi connectivity index (χ0) is 18.7. The molecule has 1 fully saturated rings. The third-order valence-corrected chi connectivity index (χ3v) is 5.97. The van der Waals surface area contributed by atoms with E-state index in [4.69, 9.17) is 11.6 Å². The zero-order valence-corrected chi connectivity index (χ0v) is 16.5. The molecule has 3 nitrogen and oxygen atoms in total. The van der Waals surface area contributed by atoms with Gasteiger partial charge in [-0.15, -0.1) is 0 Å². The minimum Gasteiger partial charge on any atom is -0.343 e. The van der Waals surface area contributed by atoms with E-state index in [1.54, 1.807) is 6.07 Å². The van der Waals surface area contributed by atoms with Crippen molar-refractivity contribution in [1.29, 1.82) is 0 Å². The standard InChI is InChI=1S/C22H27ClN2O/c1-16-10-9-13-18(19(16)23)21(26)24-20(17-11-5-4-6-12-17)22(2,3)25-14-7-8-15-25/h4-6,9-13,20H,7-8,14-15H2,1-3H3,(H,24,26). The van der Waals surface area contributed by atoms with E-state index in [2.05, 4.69) is 36.2 Å². The summed E-state index contributed by atoms with van der Waals surface area (Å²) < 4.78 is 0. The number of carbonyl (C=O) groups excluding carboxylic acids is 1. The molecule has 138 valence electrons. The van der Waals surface area contributed by atoms with Gasteiger partial charge in [0.05, 0.1) is 16.6 Å². The lowest BCUT2D eigenvalue weighted by Crippen LogP contribution is -2.52. The van der Waals surface area contributed by atoms with Gasteiger partial charge < -0.3 is 5.32 Å². The maximum atomic E-state index is 13.0. The number of benzene rings is 2. The fourth-order valence-corrected chi connectivity index (χ4v) is 4.03. The Hall–Kier alpha value is -1.84. The molecule has 2 aromatic carbocycles. The van der Waals surface area contributed by atoms with E-state index < -0.39 is 0 Å². The van der Waals surface area contributed by atoms with Crippen molar-refractivity contribution in [3.05, 3.63) is 70.2 Å². The fourth-order valence-electron chi connectivity index (χ4n) is 3.82. The van der Waals surface area contributed by atoms with Crippen LogP contribution in [0.4, 0.5) is 0 Å². The van der Waals surface area contributed by atoms with Crippen LogP contribution in [0.1, 0.15) is 54.2 Å². The Bertz CT molecular complexity index is 767. The van der Waals surface area contributed by atoms with Crippen molar-refractivity contribution in [1.82, 2.24) is 10.2 Å². The Morgan fingerprint density at radius 3 is 2.38 bits per heavy atom. The molecule has 26 heavy (non-hydrogen) atoms. The topological polar surface area (TPSA) is 32.3 Å². The van der Waals surface area contributed by atoms with Gasteiger partial charge in [-0.3, -0.25) is 9.69 Å². The van der Waals surface area contributed by atoms with Crippen LogP contribution in [-0.2, 0) is 0 Å². The third kappa shape index (κ3) is 3.79. The molecule has 2 aromatic rings. The number of rotatable bonds is 5. The summed E-state index contributed by atoms with van der Waals surface area (Å²) in [6.45, 7) is 8.49. The van der Waals surface area contributed by atoms with Crippen molar-refractivity contribution in [3.8, 4) is 0 Å². The third-order valence-electron chi connectivity index (χ3n) is 5.47. The highest BCUT2D eigenvalue weighted by Gasteiger charge is 2.38. The molecule has 0 saturated carbocycles. The van der Waals surface area contributed by atoms with E-state index in [9.17, 15) is 4.79 Å². The van der Waals surface area contributed by atoms with Crippen molar-refractivity contribution in [2.24, 2.45) is 0 Å². The minimum absolute atomic E-state index is 0.120. The first-order valence-corrected chi connectivity index (χ1v) is 9.65. The Labute approximate surface area is 161 Å². The summed E-state index contributed by atoms with van der Waals surface area (Å²) in [5, 5.41) is 3.79. The van der Waals surface area contributed by atoms with Crippen LogP contribution >= 0.6 is 11.6 Å². The Morgan fingerprint density at radius 1 is 1.08 bits per heavy atom. The van der Waals surface area contributed by atoms with E-state index in [0.717, 1.165) is 24.2 Å². The van der Waals surface area contributed by atoms with Gasteiger partial charge in [0.2, 0.25) is 0 Å². The molecular formula is C22H27ClN2O. The first kappa shape index (κ1) is 18.9. The predicted molar refractivity (Wildman–Crippen MR) is 108 cm³/mol. The summed E-state index contributed by atoms with van der Waals surface area (Å²) in [4.78, 5) is 15.5. The molecule has 1 heterocycles. The van der Waals surface area contributed by atoms with Crippen LogP contribution in [0.25, 0.3) is 0 Å². The van der Waals surface area contributed by atoms with Gasteiger partial charge in [0.25, 0.3) is 5.91 Å². The summed E-state index contributed by atoms with van der Waals surface area (Å²) in [7, 11) is 0. The monoisotopic (exact) mass is 370 g/mol. The second-order valence-electron chi connectivity index (χ2n) is 7.60. The van der Waals surface area contributed by atoms with E-state index in [0.29, 0.717) is 10.6 Å². The highest BCUT2D eigenvalue weighted by Crippen LogP contribution is 2.34. The first-order chi connectivity index (χ1) is 12.4. The molecule has 0 radical (unpaired) electrons. The molecule has 1 saturated heterocycles.